The molecule has 0 aliphatic rings. The number of aromatic nitrogens is 2. The number of carboxylic acid groups (broad SMARTS) is 1. The van der Waals surface area contributed by atoms with Gasteiger partial charge < -0.3 is 37.3 Å². The first-order valence-electron chi connectivity index (χ1n) is 10.3. The van der Waals surface area contributed by atoms with Crippen LogP contribution < -0.4 is 22.1 Å². The van der Waals surface area contributed by atoms with Crippen LogP contribution in [0.4, 0.5) is 0 Å². The van der Waals surface area contributed by atoms with Crippen molar-refractivity contribution in [1.29, 1.82) is 0 Å². The van der Waals surface area contributed by atoms with Crippen molar-refractivity contribution >= 4 is 17.8 Å². The second-order valence-corrected chi connectivity index (χ2v) is 7.50. The van der Waals surface area contributed by atoms with Crippen molar-refractivity contribution in [3.63, 3.8) is 0 Å². The van der Waals surface area contributed by atoms with Gasteiger partial charge in [0, 0.05) is 18.3 Å². The molecule has 0 unspecified atom stereocenters. The van der Waals surface area contributed by atoms with Gasteiger partial charge in [-0.2, -0.15) is 0 Å². The minimum atomic E-state index is -1.20. The molecule has 0 saturated heterocycles. The van der Waals surface area contributed by atoms with Crippen molar-refractivity contribution in [1.82, 2.24) is 20.6 Å². The molecule has 0 aliphatic carbocycles. The molecular formula is C21H30N6O5. The Kier molecular flexibility index (Phi) is 9.64. The number of imidazole rings is 1. The zero-order valence-corrected chi connectivity index (χ0v) is 17.7. The normalized spacial score (nSPS) is 13.7. The van der Waals surface area contributed by atoms with Crippen LogP contribution in [-0.4, -0.2) is 62.6 Å². The van der Waals surface area contributed by atoms with Gasteiger partial charge in [-0.25, -0.2) is 9.78 Å². The van der Waals surface area contributed by atoms with E-state index >= 15 is 0 Å². The average Bonchev–Trinajstić information content (AvgIpc) is 3.27. The molecule has 9 N–H and O–H groups in total. The number of aromatic hydroxyl groups is 1. The summed E-state index contributed by atoms with van der Waals surface area (Å²) in [6.07, 6.45) is 4.63. The average molecular weight is 447 g/mol. The predicted molar refractivity (Wildman–Crippen MR) is 116 cm³/mol. The number of unbranched alkanes of at least 4 members (excludes halogenated alkanes) is 1. The molecule has 3 atom stereocenters. The lowest BCUT2D eigenvalue weighted by Gasteiger charge is -2.23. The molecule has 32 heavy (non-hydrogen) atoms. The highest BCUT2D eigenvalue weighted by atomic mass is 16.4. The van der Waals surface area contributed by atoms with Crippen molar-refractivity contribution in [2.45, 2.75) is 50.2 Å². The summed E-state index contributed by atoms with van der Waals surface area (Å²) in [6, 6.07) is 3.22. The van der Waals surface area contributed by atoms with E-state index in [1.54, 1.807) is 12.1 Å². The minimum absolute atomic E-state index is 0.0188. The minimum Gasteiger partial charge on any atom is -0.508 e. The third-order valence-corrected chi connectivity index (χ3v) is 4.90. The van der Waals surface area contributed by atoms with Crippen LogP contribution in [0.3, 0.4) is 0 Å². The Labute approximate surface area is 185 Å². The van der Waals surface area contributed by atoms with E-state index in [2.05, 4.69) is 20.6 Å². The quantitative estimate of drug-likeness (QED) is 0.198. The smallest absolute Gasteiger partial charge is 0.326 e. The zero-order valence-electron chi connectivity index (χ0n) is 17.7. The van der Waals surface area contributed by atoms with Gasteiger partial charge in [-0.3, -0.25) is 9.59 Å². The van der Waals surface area contributed by atoms with Gasteiger partial charge >= 0.3 is 5.97 Å². The fourth-order valence-electron chi connectivity index (χ4n) is 3.11. The Hall–Kier alpha value is -3.44. The Balaban J connectivity index is 2.02. The van der Waals surface area contributed by atoms with E-state index in [1.807, 2.05) is 0 Å². The molecule has 0 fully saturated rings. The molecule has 0 radical (unpaired) electrons. The van der Waals surface area contributed by atoms with Crippen LogP contribution in [0.5, 0.6) is 5.75 Å². The number of H-pyrrole nitrogens is 1. The number of hydrogen-bond acceptors (Lipinski definition) is 7. The van der Waals surface area contributed by atoms with E-state index < -0.39 is 35.9 Å². The number of carboxylic acids is 1. The summed E-state index contributed by atoms with van der Waals surface area (Å²) in [5.41, 5.74) is 12.8. The van der Waals surface area contributed by atoms with E-state index in [9.17, 15) is 24.6 Å². The topological polar surface area (TPSA) is 196 Å². The summed E-state index contributed by atoms with van der Waals surface area (Å²) >= 11 is 0. The van der Waals surface area contributed by atoms with Crippen LogP contribution >= 0.6 is 0 Å². The van der Waals surface area contributed by atoms with Crippen molar-refractivity contribution < 1.29 is 24.6 Å². The molecule has 11 heteroatoms. The summed E-state index contributed by atoms with van der Waals surface area (Å²) in [5.74, 6) is -2.25. The van der Waals surface area contributed by atoms with Gasteiger partial charge in [0.15, 0.2) is 0 Å². The van der Waals surface area contributed by atoms with Gasteiger partial charge in [0.05, 0.1) is 12.4 Å². The largest absolute Gasteiger partial charge is 0.508 e. The first-order valence-corrected chi connectivity index (χ1v) is 10.3. The number of phenolic OH excluding ortho intramolecular Hbond substituents is 1. The Morgan fingerprint density at radius 3 is 2.31 bits per heavy atom. The number of aliphatic carboxylic acids is 1. The highest BCUT2D eigenvalue weighted by molar-refractivity contribution is 5.91. The van der Waals surface area contributed by atoms with Crippen LogP contribution in [0.15, 0.2) is 36.8 Å². The van der Waals surface area contributed by atoms with E-state index in [4.69, 9.17) is 11.5 Å². The van der Waals surface area contributed by atoms with Gasteiger partial charge in [0.25, 0.3) is 0 Å². The number of carbonyl (C=O) groups excluding carboxylic acids is 2. The standard InChI is InChI=1S/C21H30N6O5/c22-8-2-1-3-17(20(30)27-18(21(31)32)10-14-11-24-12-25-14)26-19(29)16(23)9-13-4-6-15(28)7-5-13/h4-7,11-12,16-18,28H,1-3,8-10,22-23H2,(H,24,25)(H,26,29)(H,27,30)(H,31,32)/t16-,17-,18-/m0/s1. The summed E-state index contributed by atoms with van der Waals surface area (Å²) < 4.78 is 0. The number of hydrogen-bond donors (Lipinski definition) is 7. The monoisotopic (exact) mass is 446 g/mol. The molecule has 1 aromatic heterocycles. The molecule has 174 valence electrons. The number of carbonyl (C=O) groups is 3. The van der Waals surface area contributed by atoms with Crippen LogP contribution in [0.1, 0.15) is 30.5 Å². The number of nitrogens with two attached hydrogens (primary N) is 2. The fraction of sp³-hybridized carbons (Fsp3) is 0.429. The molecule has 0 bridgehead atoms. The summed E-state index contributed by atoms with van der Waals surface area (Å²) in [5, 5.41) is 24.0. The highest BCUT2D eigenvalue weighted by Gasteiger charge is 2.28. The summed E-state index contributed by atoms with van der Waals surface area (Å²) in [4.78, 5) is 43.7. The molecule has 2 aromatic rings. The lowest BCUT2D eigenvalue weighted by atomic mass is 10.0. The third kappa shape index (κ3) is 8.00. The number of nitrogens with one attached hydrogen (secondary N) is 3. The number of aromatic amines is 1. The molecule has 11 nitrogen and oxygen atoms in total. The zero-order chi connectivity index (χ0) is 23.5. The maximum absolute atomic E-state index is 12.8. The van der Waals surface area contributed by atoms with Crippen LogP contribution in [0.25, 0.3) is 0 Å². The van der Waals surface area contributed by atoms with E-state index in [1.165, 1.54) is 24.7 Å². The number of phenols is 1. The Bertz CT molecular complexity index is 871. The maximum atomic E-state index is 12.8. The number of nitrogens with zero attached hydrogens (tertiary/aromatic N) is 1. The van der Waals surface area contributed by atoms with E-state index in [0.717, 1.165) is 5.56 Å². The first-order chi connectivity index (χ1) is 15.3. The lowest BCUT2D eigenvalue weighted by Crippen LogP contribution is -2.55. The molecule has 0 spiro atoms. The SMILES string of the molecule is NCCCC[C@H](NC(=O)[C@@H](N)Cc1ccc(O)cc1)C(=O)N[C@@H](Cc1cnc[nH]1)C(=O)O. The predicted octanol–water partition coefficient (Wildman–Crippen LogP) is -0.589. The summed E-state index contributed by atoms with van der Waals surface area (Å²) in [6.45, 7) is 0.431. The van der Waals surface area contributed by atoms with Gasteiger partial charge in [0.2, 0.25) is 11.8 Å². The molecule has 0 aliphatic heterocycles. The summed E-state index contributed by atoms with van der Waals surface area (Å²) in [7, 11) is 0. The molecule has 2 amide bonds. The van der Waals surface area contributed by atoms with Gasteiger partial charge in [0.1, 0.15) is 17.8 Å². The van der Waals surface area contributed by atoms with E-state index in [-0.39, 0.29) is 25.0 Å². The maximum Gasteiger partial charge on any atom is 0.326 e. The third-order valence-electron chi connectivity index (χ3n) is 4.90. The Morgan fingerprint density at radius 2 is 1.72 bits per heavy atom. The first kappa shape index (κ1) is 24.8. The fourth-order valence-corrected chi connectivity index (χ4v) is 3.11. The van der Waals surface area contributed by atoms with Crippen molar-refractivity contribution in [2.75, 3.05) is 6.54 Å². The molecule has 2 rings (SSSR count). The lowest BCUT2D eigenvalue weighted by molar-refractivity contribution is -0.142. The van der Waals surface area contributed by atoms with Gasteiger partial charge in [-0.15, -0.1) is 0 Å². The molecule has 1 aromatic carbocycles. The number of amides is 2. The second kappa shape index (κ2) is 12.4. The van der Waals surface area contributed by atoms with Crippen molar-refractivity contribution in [3.8, 4) is 5.75 Å². The van der Waals surface area contributed by atoms with Gasteiger partial charge in [-0.1, -0.05) is 12.1 Å². The van der Waals surface area contributed by atoms with Gasteiger partial charge in [-0.05, 0) is 49.9 Å². The van der Waals surface area contributed by atoms with Crippen LogP contribution in [0.2, 0.25) is 0 Å². The van der Waals surface area contributed by atoms with Crippen molar-refractivity contribution in [3.05, 3.63) is 48.0 Å². The highest BCUT2D eigenvalue weighted by Crippen LogP contribution is 2.11. The number of rotatable bonds is 13. The van der Waals surface area contributed by atoms with Crippen LogP contribution in [0, 0.1) is 0 Å². The van der Waals surface area contributed by atoms with E-state index in [0.29, 0.717) is 25.1 Å². The second-order valence-electron chi connectivity index (χ2n) is 7.50. The van der Waals surface area contributed by atoms with Crippen LogP contribution in [-0.2, 0) is 27.2 Å². The molecule has 0 saturated carbocycles. The Morgan fingerprint density at radius 1 is 1.03 bits per heavy atom. The number of benzene rings is 1. The van der Waals surface area contributed by atoms with Crippen molar-refractivity contribution in [2.24, 2.45) is 11.5 Å². The molecular weight excluding hydrogens is 416 g/mol. The molecule has 1 heterocycles.